The standard InChI is InChI=1S/C19H26N2O5/c1-6-25-16(23)19(14-9-7-8-11-20-14)13(2)21(12-10-15(19)22)17(24)26-18(3,4)5/h7-9,11,13H,6,10,12H2,1-5H3. The molecule has 7 nitrogen and oxygen atoms in total. The van der Waals surface area contributed by atoms with Gasteiger partial charge in [-0.3, -0.25) is 14.6 Å². The third-order valence-electron chi connectivity index (χ3n) is 4.41. The number of amides is 1. The summed E-state index contributed by atoms with van der Waals surface area (Å²) in [4.78, 5) is 44.2. The Hall–Kier alpha value is -2.44. The van der Waals surface area contributed by atoms with E-state index in [2.05, 4.69) is 4.98 Å². The molecule has 26 heavy (non-hydrogen) atoms. The summed E-state index contributed by atoms with van der Waals surface area (Å²) in [5.74, 6) is -0.994. The zero-order chi connectivity index (χ0) is 19.5. The lowest BCUT2D eigenvalue weighted by Crippen LogP contribution is -2.64. The second kappa shape index (κ2) is 7.43. The van der Waals surface area contributed by atoms with Crippen LogP contribution in [-0.2, 0) is 24.5 Å². The summed E-state index contributed by atoms with van der Waals surface area (Å²) < 4.78 is 10.7. The lowest BCUT2D eigenvalue weighted by atomic mass is 9.70. The zero-order valence-corrected chi connectivity index (χ0v) is 15.9. The van der Waals surface area contributed by atoms with E-state index in [1.54, 1.807) is 52.8 Å². The molecular formula is C19H26N2O5. The third-order valence-corrected chi connectivity index (χ3v) is 4.41. The fraction of sp³-hybridized carbons (Fsp3) is 0.579. The van der Waals surface area contributed by atoms with Gasteiger partial charge in [-0.25, -0.2) is 4.79 Å². The van der Waals surface area contributed by atoms with Crippen molar-refractivity contribution < 1.29 is 23.9 Å². The number of carbonyl (C=O) groups is 3. The molecule has 1 saturated heterocycles. The molecule has 0 saturated carbocycles. The fourth-order valence-corrected chi connectivity index (χ4v) is 3.24. The van der Waals surface area contributed by atoms with Crippen molar-refractivity contribution >= 4 is 17.8 Å². The van der Waals surface area contributed by atoms with Gasteiger partial charge >= 0.3 is 12.1 Å². The number of hydrogen-bond donors (Lipinski definition) is 0. The molecule has 1 aromatic rings. The van der Waals surface area contributed by atoms with Gasteiger partial charge in [0.05, 0.1) is 18.3 Å². The molecule has 0 bridgehead atoms. The van der Waals surface area contributed by atoms with E-state index in [1.807, 2.05) is 0 Å². The van der Waals surface area contributed by atoms with Gasteiger partial charge in [0.15, 0.2) is 11.2 Å². The maximum Gasteiger partial charge on any atom is 0.410 e. The van der Waals surface area contributed by atoms with Crippen LogP contribution in [0.25, 0.3) is 0 Å². The predicted octanol–water partition coefficient (Wildman–Crippen LogP) is 2.48. The van der Waals surface area contributed by atoms with Crippen LogP contribution in [-0.4, -0.2) is 52.5 Å². The molecule has 2 rings (SSSR count). The Labute approximate surface area is 153 Å². The number of carbonyl (C=O) groups excluding carboxylic acids is 3. The molecule has 0 spiro atoms. The molecule has 7 heteroatoms. The Bertz CT molecular complexity index is 683. The topological polar surface area (TPSA) is 85.8 Å². The molecule has 2 heterocycles. The Morgan fingerprint density at radius 3 is 2.58 bits per heavy atom. The first kappa shape index (κ1) is 19.9. The van der Waals surface area contributed by atoms with Gasteiger partial charge in [0.2, 0.25) is 0 Å². The van der Waals surface area contributed by atoms with Crippen LogP contribution >= 0.6 is 0 Å². The smallest absolute Gasteiger partial charge is 0.410 e. The van der Waals surface area contributed by atoms with E-state index in [0.29, 0.717) is 0 Å². The number of nitrogens with zero attached hydrogens (tertiary/aromatic N) is 2. The minimum Gasteiger partial charge on any atom is -0.465 e. The molecule has 2 unspecified atom stereocenters. The predicted molar refractivity (Wildman–Crippen MR) is 94.6 cm³/mol. The number of rotatable bonds is 3. The number of likely N-dealkylation sites (tertiary alicyclic amines) is 1. The van der Waals surface area contributed by atoms with Gasteiger partial charge < -0.3 is 14.4 Å². The van der Waals surface area contributed by atoms with Crippen molar-refractivity contribution in [3.05, 3.63) is 30.1 Å². The van der Waals surface area contributed by atoms with E-state index in [4.69, 9.17) is 9.47 Å². The molecule has 0 aliphatic carbocycles. The minimum atomic E-state index is -1.66. The second-order valence-corrected chi connectivity index (χ2v) is 7.27. The van der Waals surface area contributed by atoms with Crippen LogP contribution in [0.1, 0.15) is 46.7 Å². The SMILES string of the molecule is CCOC(=O)C1(c2ccccn2)C(=O)CCN(C(=O)OC(C)(C)C)C1C. The van der Waals surface area contributed by atoms with E-state index < -0.39 is 29.1 Å². The average Bonchev–Trinajstić information content (AvgIpc) is 2.55. The number of ether oxygens (including phenoxy) is 2. The normalized spacial score (nSPS) is 23.5. The van der Waals surface area contributed by atoms with E-state index in [0.717, 1.165) is 0 Å². The maximum atomic E-state index is 13.0. The second-order valence-electron chi connectivity index (χ2n) is 7.27. The summed E-state index contributed by atoms with van der Waals surface area (Å²) in [6.45, 7) is 8.94. The third kappa shape index (κ3) is 3.57. The Kier molecular flexibility index (Phi) is 5.68. The molecular weight excluding hydrogens is 336 g/mol. The summed E-state index contributed by atoms with van der Waals surface area (Å²) in [7, 11) is 0. The van der Waals surface area contributed by atoms with Crippen LogP contribution in [0.4, 0.5) is 4.79 Å². The van der Waals surface area contributed by atoms with Crippen molar-refractivity contribution in [3.8, 4) is 0 Å². The van der Waals surface area contributed by atoms with Crippen LogP contribution in [0.5, 0.6) is 0 Å². The van der Waals surface area contributed by atoms with Crippen molar-refractivity contribution in [2.45, 2.75) is 58.1 Å². The average molecular weight is 362 g/mol. The molecule has 1 amide bonds. The number of hydrogen-bond acceptors (Lipinski definition) is 6. The number of piperidine rings is 1. The monoisotopic (exact) mass is 362 g/mol. The van der Waals surface area contributed by atoms with Crippen LogP contribution in [0.2, 0.25) is 0 Å². The summed E-state index contributed by atoms with van der Waals surface area (Å²) in [6, 6.07) is 4.23. The highest BCUT2D eigenvalue weighted by Crippen LogP contribution is 2.37. The lowest BCUT2D eigenvalue weighted by molar-refractivity contribution is -0.159. The van der Waals surface area contributed by atoms with Gasteiger partial charge in [-0.15, -0.1) is 0 Å². The van der Waals surface area contributed by atoms with E-state index >= 15 is 0 Å². The highest BCUT2D eigenvalue weighted by molar-refractivity contribution is 6.11. The van der Waals surface area contributed by atoms with Crippen molar-refractivity contribution in [1.82, 2.24) is 9.88 Å². The number of pyridine rings is 1. The first-order valence-electron chi connectivity index (χ1n) is 8.76. The van der Waals surface area contributed by atoms with Gasteiger partial charge in [0.25, 0.3) is 0 Å². The van der Waals surface area contributed by atoms with Crippen LogP contribution in [0.3, 0.4) is 0 Å². The van der Waals surface area contributed by atoms with E-state index in [-0.39, 0.29) is 31.0 Å². The number of Topliss-reactive ketones (excluding diaryl/α,β-unsaturated/α-hetero) is 1. The molecule has 0 aromatic carbocycles. The Morgan fingerprint density at radius 1 is 1.35 bits per heavy atom. The molecule has 142 valence electrons. The first-order valence-corrected chi connectivity index (χ1v) is 8.76. The largest absolute Gasteiger partial charge is 0.465 e. The van der Waals surface area contributed by atoms with Crippen molar-refractivity contribution in [2.75, 3.05) is 13.2 Å². The highest BCUT2D eigenvalue weighted by atomic mass is 16.6. The Balaban J connectivity index is 2.52. The molecule has 2 atom stereocenters. The fourth-order valence-electron chi connectivity index (χ4n) is 3.24. The number of esters is 1. The van der Waals surface area contributed by atoms with Crippen molar-refractivity contribution in [3.63, 3.8) is 0 Å². The van der Waals surface area contributed by atoms with Crippen LogP contribution in [0.15, 0.2) is 24.4 Å². The first-order chi connectivity index (χ1) is 12.1. The molecule has 1 aliphatic rings. The molecule has 1 aromatic heterocycles. The summed E-state index contributed by atoms with van der Waals surface area (Å²) in [5, 5.41) is 0. The maximum absolute atomic E-state index is 13.0. The number of ketones is 1. The minimum absolute atomic E-state index is 0.0268. The quantitative estimate of drug-likeness (QED) is 0.606. The summed E-state index contributed by atoms with van der Waals surface area (Å²) in [5.41, 5.74) is -2.06. The van der Waals surface area contributed by atoms with Crippen LogP contribution < -0.4 is 0 Å². The van der Waals surface area contributed by atoms with Gasteiger partial charge in [0.1, 0.15) is 5.60 Å². The van der Waals surface area contributed by atoms with Gasteiger partial charge in [-0.05, 0) is 46.8 Å². The molecule has 1 fully saturated rings. The molecule has 0 N–H and O–H groups in total. The Morgan fingerprint density at radius 2 is 2.04 bits per heavy atom. The van der Waals surface area contributed by atoms with E-state index in [9.17, 15) is 14.4 Å². The van der Waals surface area contributed by atoms with Gasteiger partial charge in [-0.2, -0.15) is 0 Å². The molecule has 1 aliphatic heterocycles. The van der Waals surface area contributed by atoms with Gasteiger partial charge in [-0.1, -0.05) is 6.07 Å². The lowest BCUT2D eigenvalue weighted by Gasteiger charge is -2.45. The zero-order valence-electron chi connectivity index (χ0n) is 15.9. The number of aromatic nitrogens is 1. The van der Waals surface area contributed by atoms with Crippen LogP contribution in [0, 0.1) is 0 Å². The molecule has 0 radical (unpaired) electrons. The summed E-state index contributed by atoms with van der Waals surface area (Å²) >= 11 is 0. The van der Waals surface area contributed by atoms with Crippen molar-refractivity contribution in [1.29, 1.82) is 0 Å². The van der Waals surface area contributed by atoms with Gasteiger partial charge in [0, 0.05) is 19.2 Å². The van der Waals surface area contributed by atoms with E-state index in [1.165, 1.54) is 11.1 Å². The highest BCUT2D eigenvalue weighted by Gasteiger charge is 2.59. The van der Waals surface area contributed by atoms with Crippen molar-refractivity contribution in [2.24, 2.45) is 0 Å². The summed E-state index contributed by atoms with van der Waals surface area (Å²) in [6.07, 6.45) is 0.976.